The van der Waals surface area contributed by atoms with Crippen LogP contribution in [0.1, 0.15) is 30.4 Å². The van der Waals surface area contributed by atoms with Crippen LogP contribution in [-0.4, -0.2) is 21.6 Å². The van der Waals surface area contributed by atoms with Gasteiger partial charge in [-0.1, -0.05) is 6.42 Å². The van der Waals surface area contributed by atoms with Gasteiger partial charge in [0, 0.05) is 29.2 Å². The summed E-state index contributed by atoms with van der Waals surface area (Å²) >= 11 is 0. The maximum absolute atomic E-state index is 13.5. The molecule has 182 valence electrons. The van der Waals surface area contributed by atoms with Crippen molar-refractivity contribution < 1.29 is 22.3 Å². The summed E-state index contributed by atoms with van der Waals surface area (Å²) in [6, 6.07) is 8.55. The van der Waals surface area contributed by atoms with Crippen molar-refractivity contribution in [2.45, 2.75) is 32.4 Å². The fraction of sp³-hybridized carbons (Fsp3) is 0.292. The predicted molar refractivity (Wildman–Crippen MR) is 124 cm³/mol. The molecule has 35 heavy (non-hydrogen) atoms. The predicted octanol–water partition coefficient (Wildman–Crippen LogP) is 5.90. The van der Waals surface area contributed by atoms with Crippen molar-refractivity contribution in [3.63, 3.8) is 0 Å². The highest BCUT2D eigenvalue weighted by atomic mass is 19.4. The first-order valence-electron chi connectivity index (χ1n) is 11.1. The van der Waals surface area contributed by atoms with Gasteiger partial charge in [-0.3, -0.25) is 4.98 Å². The quantitative estimate of drug-likeness (QED) is 0.299. The SMILES string of the molecule is Cc1cnc(Nc2cc(OCC3CCC3)cc(C(F)(F)F)c2)nc1Nc1ccc2oc(=O)[nH]c2c1. The van der Waals surface area contributed by atoms with Gasteiger partial charge < -0.3 is 19.8 Å². The smallest absolute Gasteiger partial charge is 0.417 e. The second-order valence-corrected chi connectivity index (χ2v) is 8.55. The number of fused-ring (bicyclic) bond motifs is 1. The number of nitrogens with zero attached hydrogens (tertiary/aromatic N) is 2. The van der Waals surface area contributed by atoms with Crippen LogP contribution in [0.25, 0.3) is 11.1 Å². The topological polar surface area (TPSA) is 105 Å². The van der Waals surface area contributed by atoms with E-state index < -0.39 is 17.5 Å². The fourth-order valence-corrected chi connectivity index (χ4v) is 3.72. The average molecular weight is 485 g/mol. The molecular formula is C24H22F3N5O3. The summed E-state index contributed by atoms with van der Waals surface area (Å²) in [6.45, 7) is 2.18. The number of alkyl halides is 3. The van der Waals surface area contributed by atoms with E-state index >= 15 is 0 Å². The summed E-state index contributed by atoms with van der Waals surface area (Å²) in [7, 11) is 0. The van der Waals surface area contributed by atoms with Gasteiger partial charge in [-0.25, -0.2) is 9.78 Å². The Morgan fingerprint density at radius 3 is 2.71 bits per heavy atom. The van der Waals surface area contributed by atoms with E-state index in [1.165, 1.54) is 6.07 Å². The maximum atomic E-state index is 13.5. The van der Waals surface area contributed by atoms with Crippen LogP contribution in [0.3, 0.4) is 0 Å². The Morgan fingerprint density at radius 2 is 1.97 bits per heavy atom. The minimum absolute atomic E-state index is 0.111. The maximum Gasteiger partial charge on any atom is 0.417 e. The zero-order valence-electron chi connectivity index (χ0n) is 18.7. The van der Waals surface area contributed by atoms with Gasteiger partial charge >= 0.3 is 11.9 Å². The first kappa shape index (κ1) is 22.8. The number of hydrogen-bond donors (Lipinski definition) is 3. The number of halogens is 3. The molecule has 4 aromatic rings. The number of rotatable bonds is 7. The molecule has 0 saturated heterocycles. The Labute approximate surface area is 197 Å². The van der Waals surface area contributed by atoms with Crippen LogP contribution in [0.4, 0.5) is 36.3 Å². The Morgan fingerprint density at radius 1 is 1.14 bits per heavy atom. The fourth-order valence-electron chi connectivity index (χ4n) is 3.72. The van der Waals surface area contributed by atoms with Gasteiger partial charge in [-0.15, -0.1) is 0 Å². The molecule has 0 radical (unpaired) electrons. The number of aromatic nitrogens is 3. The monoisotopic (exact) mass is 485 g/mol. The minimum atomic E-state index is -4.53. The highest BCUT2D eigenvalue weighted by Gasteiger charge is 2.32. The summed E-state index contributed by atoms with van der Waals surface area (Å²) in [6.07, 6.45) is 0.205. The molecule has 0 aliphatic heterocycles. The van der Waals surface area contributed by atoms with E-state index in [1.54, 1.807) is 31.3 Å². The molecule has 1 saturated carbocycles. The van der Waals surface area contributed by atoms with Gasteiger partial charge in [0.15, 0.2) is 5.58 Å². The number of anilines is 4. The number of oxazole rings is 1. The summed E-state index contributed by atoms with van der Waals surface area (Å²) in [4.78, 5) is 22.6. The first-order chi connectivity index (χ1) is 16.7. The van der Waals surface area contributed by atoms with Crippen molar-refractivity contribution in [1.29, 1.82) is 0 Å². The number of aryl methyl sites for hydroxylation is 1. The van der Waals surface area contributed by atoms with Gasteiger partial charge in [0.1, 0.15) is 11.6 Å². The van der Waals surface area contributed by atoms with E-state index in [0.29, 0.717) is 40.7 Å². The molecule has 1 aliphatic carbocycles. The number of hydrogen-bond acceptors (Lipinski definition) is 7. The molecule has 0 bridgehead atoms. The summed E-state index contributed by atoms with van der Waals surface area (Å²) in [5.41, 5.74) is 1.62. The largest absolute Gasteiger partial charge is 0.493 e. The molecule has 2 aromatic heterocycles. The van der Waals surface area contributed by atoms with Crippen molar-refractivity contribution in [2.75, 3.05) is 17.2 Å². The molecule has 8 nitrogen and oxygen atoms in total. The molecule has 0 atom stereocenters. The number of ether oxygens (including phenoxy) is 1. The minimum Gasteiger partial charge on any atom is -0.493 e. The van der Waals surface area contributed by atoms with Gasteiger partial charge in [0.25, 0.3) is 0 Å². The van der Waals surface area contributed by atoms with Crippen LogP contribution in [0.5, 0.6) is 5.75 Å². The number of H-pyrrole nitrogens is 1. The summed E-state index contributed by atoms with van der Waals surface area (Å²) in [5.74, 6) is 0.525. The Kier molecular flexibility index (Phi) is 5.83. The van der Waals surface area contributed by atoms with Crippen LogP contribution in [0.2, 0.25) is 0 Å². The van der Waals surface area contributed by atoms with Crippen LogP contribution >= 0.6 is 0 Å². The molecular weight excluding hydrogens is 463 g/mol. The Bertz CT molecular complexity index is 1430. The lowest BCUT2D eigenvalue weighted by Crippen LogP contribution is -2.19. The average Bonchev–Trinajstić information content (AvgIpc) is 3.13. The van der Waals surface area contributed by atoms with E-state index in [-0.39, 0.29) is 17.4 Å². The highest BCUT2D eigenvalue weighted by molar-refractivity contribution is 5.78. The molecule has 1 aliphatic rings. The lowest BCUT2D eigenvalue weighted by molar-refractivity contribution is -0.137. The van der Waals surface area contributed by atoms with Crippen molar-refractivity contribution in [1.82, 2.24) is 15.0 Å². The number of nitrogens with one attached hydrogen (secondary N) is 3. The molecule has 1 fully saturated rings. The van der Waals surface area contributed by atoms with Crippen molar-refractivity contribution in [3.8, 4) is 5.75 Å². The first-order valence-corrected chi connectivity index (χ1v) is 11.1. The number of benzene rings is 2. The van der Waals surface area contributed by atoms with Gasteiger partial charge in [-0.2, -0.15) is 18.2 Å². The van der Waals surface area contributed by atoms with E-state index in [9.17, 15) is 18.0 Å². The normalized spacial score (nSPS) is 14.1. The Hall–Kier alpha value is -4.02. The zero-order chi connectivity index (χ0) is 24.6. The molecule has 0 amide bonds. The molecule has 3 N–H and O–H groups in total. The van der Waals surface area contributed by atoms with Crippen LogP contribution < -0.4 is 21.1 Å². The van der Waals surface area contributed by atoms with Gasteiger partial charge in [-0.05, 0) is 56.0 Å². The lowest BCUT2D eigenvalue weighted by atomic mass is 9.86. The van der Waals surface area contributed by atoms with Crippen molar-refractivity contribution in [2.24, 2.45) is 5.92 Å². The van der Waals surface area contributed by atoms with Crippen LogP contribution in [0, 0.1) is 12.8 Å². The number of aromatic amines is 1. The lowest BCUT2D eigenvalue weighted by Gasteiger charge is -2.25. The standard InChI is InChI=1S/C24H22F3N5O3/c1-13-11-28-22(32-21(13)29-16-5-6-20-19(10-16)31-23(33)35-20)30-17-7-15(24(25,26)27)8-18(9-17)34-12-14-3-2-4-14/h5-11,14H,2-4,12H2,1H3,(H,31,33)(H2,28,29,30,32). The van der Waals surface area contributed by atoms with Crippen molar-refractivity contribution in [3.05, 3.63) is 64.3 Å². The summed E-state index contributed by atoms with van der Waals surface area (Å²) in [5, 5.41) is 5.99. The van der Waals surface area contributed by atoms with E-state index in [2.05, 4.69) is 25.6 Å². The summed E-state index contributed by atoms with van der Waals surface area (Å²) < 4.78 is 51.1. The molecule has 0 spiro atoms. The van der Waals surface area contributed by atoms with Gasteiger partial charge in [0.2, 0.25) is 5.95 Å². The van der Waals surface area contributed by atoms with E-state index in [4.69, 9.17) is 9.15 Å². The van der Waals surface area contributed by atoms with E-state index in [1.807, 2.05) is 0 Å². The molecule has 5 rings (SSSR count). The second kappa shape index (κ2) is 8.97. The van der Waals surface area contributed by atoms with Crippen LogP contribution in [0.15, 0.2) is 51.8 Å². The third-order valence-corrected chi connectivity index (χ3v) is 5.85. The van der Waals surface area contributed by atoms with E-state index in [0.717, 1.165) is 31.4 Å². The molecule has 0 unspecified atom stereocenters. The molecule has 2 aromatic carbocycles. The molecule has 2 heterocycles. The Balaban J connectivity index is 1.38. The van der Waals surface area contributed by atoms with Crippen LogP contribution in [-0.2, 0) is 6.18 Å². The second-order valence-electron chi connectivity index (χ2n) is 8.55. The third-order valence-electron chi connectivity index (χ3n) is 5.85. The highest BCUT2D eigenvalue weighted by Crippen LogP contribution is 2.36. The zero-order valence-corrected chi connectivity index (χ0v) is 18.7. The van der Waals surface area contributed by atoms with Gasteiger partial charge in [0.05, 0.1) is 17.7 Å². The third kappa shape index (κ3) is 5.23. The molecule has 11 heteroatoms. The van der Waals surface area contributed by atoms with Crippen molar-refractivity contribution >= 4 is 34.2 Å².